The number of carbonyl (C=O) groups excluding carboxylic acids is 1. The van der Waals surface area contributed by atoms with E-state index in [1.165, 1.54) is 0 Å². The van der Waals surface area contributed by atoms with Crippen LogP contribution in [0.5, 0.6) is 0 Å². The van der Waals surface area contributed by atoms with Crippen molar-refractivity contribution in [3.63, 3.8) is 0 Å². The van der Waals surface area contributed by atoms with Crippen LogP contribution in [0.4, 0.5) is 11.6 Å². The quantitative estimate of drug-likeness (QED) is 0.937. The average molecular weight is 298 g/mol. The van der Waals surface area contributed by atoms with E-state index in [4.69, 9.17) is 4.74 Å². The summed E-state index contributed by atoms with van der Waals surface area (Å²) >= 11 is 0. The van der Waals surface area contributed by atoms with Gasteiger partial charge >= 0.3 is 0 Å². The maximum absolute atomic E-state index is 12.2. The average Bonchev–Trinajstić information content (AvgIpc) is 2.56. The van der Waals surface area contributed by atoms with Crippen LogP contribution in [0.1, 0.15) is 15.9 Å². The van der Waals surface area contributed by atoms with Gasteiger partial charge in [0.25, 0.3) is 5.91 Å². The number of carbonyl (C=O) groups is 1. The van der Waals surface area contributed by atoms with Crippen molar-refractivity contribution < 1.29 is 9.53 Å². The molecule has 22 heavy (non-hydrogen) atoms. The van der Waals surface area contributed by atoms with Gasteiger partial charge in [0.15, 0.2) is 0 Å². The number of hydrogen-bond acceptors (Lipinski definition) is 5. The molecule has 1 aromatic carbocycles. The molecule has 0 aliphatic carbocycles. The Bertz CT molecular complexity index is 651. The van der Waals surface area contributed by atoms with Crippen LogP contribution >= 0.6 is 0 Å². The van der Waals surface area contributed by atoms with Gasteiger partial charge in [-0.15, -0.1) is 0 Å². The Hall–Kier alpha value is -2.47. The fourth-order valence-electron chi connectivity index (χ4n) is 2.29. The third-order valence-corrected chi connectivity index (χ3v) is 3.47. The highest BCUT2D eigenvalue weighted by molar-refractivity contribution is 6.03. The molecule has 2 aromatic rings. The Morgan fingerprint density at radius 1 is 1.23 bits per heavy atom. The maximum atomic E-state index is 12.2. The molecule has 2 heterocycles. The summed E-state index contributed by atoms with van der Waals surface area (Å²) in [6.07, 6.45) is 3.12. The Kier molecular flexibility index (Phi) is 4.29. The van der Waals surface area contributed by atoms with Crippen molar-refractivity contribution in [1.82, 2.24) is 9.97 Å². The van der Waals surface area contributed by atoms with Gasteiger partial charge in [-0.2, -0.15) is 0 Å². The zero-order valence-corrected chi connectivity index (χ0v) is 12.5. The predicted octanol–water partition coefficient (Wildman–Crippen LogP) is 1.87. The molecule has 1 aromatic heterocycles. The predicted molar refractivity (Wildman–Crippen MR) is 84.2 cm³/mol. The molecule has 0 spiro atoms. The van der Waals surface area contributed by atoms with Crippen LogP contribution in [0.25, 0.3) is 0 Å². The van der Waals surface area contributed by atoms with Gasteiger partial charge in [0.2, 0.25) is 5.95 Å². The minimum Gasteiger partial charge on any atom is -0.378 e. The van der Waals surface area contributed by atoms with Gasteiger partial charge in [-0.25, -0.2) is 9.97 Å². The van der Waals surface area contributed by atoms with Crippen LogP contribution in [0.3, 0.4) is 0 Å². The molecule has 0 bridgehead atoms. The van der Waals surface area contributed by atoms with Crippen LogP contribution in [0.15, 0.2) is 36.7 Å². The second kappa shape index (κ2) is 6.53. The van der Waals surface area contributed by atoms with Crippen LogP contribution in [0.2, 0.25) is 0 Å². The van der Waals surface area contributed by atoms with E-state index in [-0.39, 0.29) is 5.91 Å². The molecule has 1 amide bonds. The van der Waals surface area contributed by atoms with Gasteiger partial charge < -0.3 is 15.0 Å². The van der Waals surface area contributed by atoms with Crippen molar-refractivity contribution >= 4 is 17.5 Å². The minimum absolute atomic E-state index is 0.209. The summed E-state index contributed by atoms with van der Waals surface area (Å²) in [6, 6.07) is 7.66. The first-order valence-corrected chi connectivity index (χ1v) is 7.25. The lowest BCUT2D eigenvalue weighted by Gasteiger charge is -2.26. The van der Waals surface area contributed by atoms with E-state index in [0.29, 0.717) is 24.7 Å². The smallest absolute Gasteiger partial charge is 0.258 e. The highest BCUT2D eigenvalue weighted by Gasteiger charge is 2.14. The second-order valence-corrected chi connectivity index (χ2v) is 5.19. The fourth-order valence-corrected chi connectivity index (χ4v) is 2.29. The third kappa shape index (κ3) is 3.40. The summed E-state index contributed by atoms with van der Waals surface area (Å²) < 4.78 is 5.30. The summed E-state index contributed by atoms with van der Waals surface area (Å²) in [7, 11) is 0. The number of morpholine rings is 1. The third-order valence-electron chi connectivity index (χ3n) is 3.47. The molecule has 0 unspecified atom stereocenters. The number of hydrogen-bond donors (Lipinski definition) is 1. The van der Waals surface area contributed by atoms with E-state index in [1.54, 1.807) is 12.4 Å². The minimum atomic E-state index is -0.209. The maximum Gasteiger partial charge on any atom is 0.258 e. The molecule has 114 valence electrons. The van der Waals surface area contributed by atoms with Gasteiger partial charge in [-0.1, -0.05) is 12.1 Å². The van der Waals surface area contributed by atoms with E-state index < -0.39 is 0 Å². The Morgan fingerprint density at radius 2 is 1.95 bits per heavy atom. The van der Waals surface area contributed by atoms with Crippen molar-refractivity contribution in [2.24, 2.45) is 0 Å². The molecule has 1 N–H and O–H groups in total. The summed E-state index contributed by atoms with van der Waals surface area (Å²) in [5.41, 5.74) is 2.30. The van der Waals surface area contributed by atoms with Crippen LogP contribution in [0, 0.1) is 6.92 Å². The number of aromatic nitrogens is 2. The number of nitrogens with one attached hydrogen (secondary N) is 1. The van der Waals surface area contributed by atoms with E-state index in [1.807, 2.05) is 36.1 Å². The van der Waals surface area contributed by atoms with Gasteiger partial charge in [0.1, 0.15) is 0 Å². The molecule has 1 aliphatic heterocycles. The van der Waals surface area contributed by atoms with Crippen LogP contribution < -0.4 is 10.2 Å². The van der Waals surface area contributed by atoms with E-state index >= 15 is 0 Å². The molecule has 1 aliphatic rings. The van der Waals surface area contributed by atoms with E-state index in [0.717, 1.165) is 24.3 Å². The molecular weight excluding hydrogens is 280 g/mol. The first-order valence-electron chi connectivity index (χ1n) is 7.25. The van der Waals surface area contributed by atoms with E-state index in [9.17, 15) is 4.79 Å². The van der Waals surface area contributed by atoms with E-state index in [2.05, 4.69) is 15.3 Å². The summed E-state index contributed by atoms with van der Waals surface area (Å²) in [5, 5.41) is 2.85. The zero-order valence-electron chi connectivity index (χ0n) is 12.5. The summed E-state index contributed by atoms with van der Waals surface area (Å²) in [4.78, 5) is 22.8. The number of aryl methyl sites for hydroxylation is 1. The van der Waals surface area contributed by atoms with Crippen molar-refractivity contribution in [3.8, 4) is 0 Å². The number of benzene rings is 1. The molecule has 6 nitrogen and oxygen atoms in total. The highest BCUT2D eigenvalue weighted by Crippen LogP contribution is 2.13. The lowest BCUT2D eigenvalue weighted by molar-refractivity contribution is 0.102. The number of ether oxygens (including phenoxy) is 1. The van der Waals surface area contributed by atoms with Gasteiger partial charge in [0.05, 0.1) is 18.8 Å². The van der Waals surface area contributed by atoms with Crippen molar-refractivity contribution in [2.75, 3.05) is 36.5 Å². The van der Waals surface area contributed by atoms with Crippen molar-refractivity contribution in [3.05, 3.63) is 47.8 Å². The van der Waals surface area contributed by atoms with Gasteiger partial charge in [0, 0.05) is 31.2 Å². The topological polar surface area (TPSA) is 67.4 Å². The zero-order chi connectivity index (χ0) is 15.4. The molecule has 6 heteroatoms. The lowest BCUT2D eigenvalue weighted by atomic mass is 10.2. The SMILES string of the molecule is Cc1cccc(NC(=O)c2cnc(N3CCOCC3)nc2)c1. The van der Waals surface area contributed by atoms with Crippen molar-refractivity contribution in [2.45, 2.75) is 6.92 Å². The summed E-state index contributed by atoms with van der Waals surface area (Å²) in [6.45, 7) is 4.89. The standard InChI is InChI=1S/C16H18N4O2/c1-12-3-2-4-14(9-12)19-15(21)13-10-17-16(18-11-13)20-5-7-22-8-6-20/h2-4,9-11H,5-8H2,1H3,(H,19,21). The fraction of sp³-hybridized carbons (Fsp3) is 0.312. The molecule has 3 rings (SSSR count). The number of anilines is 2. The monoisotopic (exact) mass is 298 g/mol. The Morgan fingerprint density at radius 3 is 2.64 bits per heavy atom. The normalized spacial score (nSPS) is 14.7. The Labute approximate surface area is 129 Å². The van der Waals surface area contributed by atoms with Crippen LogP contribution in [-0.4, -0.2) is 42.2 Å². The largest absolute Gasteiger partial charge is 0.378 e. The highest BCUT2D eigenvalue weighted by atomic mass is 16.5. The Balaban J connectivity index is 1.68. The van der Waals surface area contributed by atoms with Crippen molar-refractivity contribution in [1.29, 1.82) is 0 Å². The number of rotatable bonds is 3. The lowest BCUT2D eigenvalue weighted by Crippen LogP contribution is -2.37. The first kappa shape index (κ1) is 14.5. The van der Waals surface area contributed by atoms with Gasteiger partial charge in [-0.3, -0.25) is 4.79 Å². The number of nitrogens with zero attached hydrogens (tertiary/aromatic N) is 3. The van der Waals surface area contributed by atoms with Gasteiger partial charge in [-0.05, 0) is 24.6 Å². The summed E-state index contributed by atoms with van der Waals surface area (Å²) in [5.74, 6) is 0.425. The molecule has 0 atom stereocenters. The van der Waals surface area contributed by atoms with Crippen LogP contribution in [-0.2, 0) is 4.74 Å². The molecular formula is C16H18N4O2. The molecule has 0 saturated carbocycles. The molecule has 0 radical (unpaired) electrons. The molecule has 1 fully saturated rings. The first-order chi connectivity index (χ1) is 10.7. The molecule has 1 saturated heterocycles. The number of amides is 1. The second-order valence-electron chi connectivity index (χ2n) is 5.19.